The fourth-order valence-corrected chi connectivity index (χ4v) is 8.61. The van der Waals surface area contributed by atoms with Gasteiger partial charge in [0.15, 0.2) is 5.03 Å². The zero-order chi connectivity index (χ0) is 30.6. The van der Waals surface area contributed by atoms with E-state index in [-0.39, 0.29) is 27.5 Å². The summed E-state index contributed by atoms with van der Waals surface area (Å²) in [6, 6.07) is 10.2. The number of rotatable bonds is 5. The van der Waals surface area contributed by atoms with Gasteiger partial charge in [0.25, 0.3) is 21.7 Å². The maximum Gasteiger partial charge on any atom is 0.271 e. The Morgan fingerprint density at radius 3 is 2.49 bits per heavy atom. The molecule has 4 aliphatic rings. The Kier molecular flexibility index (Phi) is 5.97. The molecule has 0 spiro atoms. The van der Waals surface area contributed by atoms with Gasteiger partial charge in [-0.25, -0.2) is 8.42 Å². The molecule has 2 fully saturated rings. The Morgan fingerprint density at radius 1 is 1.12 bits per heavy atom. The molecular weight excluding hydrogens is 570 g/mol. The van der Waals surface area contributed by atoms with Gasteiger partial charge in [-0.1, -0.05) is 31.2 Å². The predicted octanol–water partition coefficient (Wildman–Crippen LogP) is 2.33. The molecule has 1 amide bonds. The van der Waals surface area contributed by atoms with Gasteiger partial charge in [-0.2, -0.15) is 4.31 Å². The van der Waals surface area contributed by atoms with Crippen LogP contribution in [0.4, 0.5) is 5.69 Å². The molecule has 1 saturated carbocycles. The zero-order valence-corrected chi connectivity index (χ0v) is 25.3. The van der Waals surface area contributed by atoms with Crippen LogP contribution in [0.1, 0.15) is 67.9 Å². The van der Waals surface area contributed by atoms with Crippen molar-refractivity contribution >= 4 is 27.4 Å². The topological polar surface area (TPSA) is 158 Å². The number of aromatic amines is 1. The van der Waals surface area contributed by atoms with Crippen molar-refractivity contribution in [2.75, 3.05) is 39.0 Å². The second-order valence-corrected chi connectivity index (χ2v) is 14.3. The van der Waals surface area contributed by atoms with Crippen molar-refractivity contribution in [3.8, 4) is 5.75 Å². The molecule has 2 aliphatic heterocycles. The lowest BCUT2D eigenvalue weighted by molar-refractivity contribution is -0.169. The molecule has 2 unspecified atom stereocenters. The number of hydrogen-bond donors (Lipinski definition) is 4. The number of Topliss-reactive ketones (excluding diaryl/α,β-unsaturated/α-hetero) is 1. The highest BCUT2D eigenvalue weighted by Crippen LogP contribution is 2.60. The molecule has 226 valence electrons. The van der Waals surface area contributed by atoms with Gasteiger partial charge in [0.05, 0.1) is 5.56 Å². The van der Waals surface area contributed by atoms with Crippen LogP contribution in [0.15, 0.2) is 41.4 Å². The summed E-state index contributed by atoms with van der Waals surface area (Å²) in [7, 11) is -1.98. The number of nitrogens with zero attached hydrogens (tertiary/aromatic N) is 2. The number of nitrogen functional groups attached to an aromatic ring is 1. The smallest absolute Gasteiger partial charge is 0.271 e. The Balaban J connectivity index is 1.32. The Bertz CT molecular complexity index is 1830. The predicted molar refractivity (Wildman–Crippen MR) is 158 cm³/mol. The van der Waals surface area contributed by atoms with Gasteiger partial charge in [-0.05, 0) is 68.0 Å². The van der Waals surface area contributed by atoms with Crippen molar-refractivity contribution in [3.63, 3.8) is 0 Å². The number of hydrogen-bond acceptors (Lipinski definition) is 8. The van der Waals surface area contributed by atoms with Crippen LogP contribution in [-0.4, -0.2) is 72.6 Å². The minimum absolute atomic E-state index is 0.0180. The SMILES string of the molecule is Cc1c(C(=O)NC23C(=O)c4c(N)cccc4C2(O)Oc2cc([C@H]4C[C@@H]4C)ccc23)[nH]c(S(=O)(=O)N2CCN(C)CC2)c1C. The first kappa shape index (κ1) is 28.1. The van der Waals surface area contributed by atoms with Crippen molar-refractivity contribution in [1.82, 2.24) is 19.5 Å². The van der Waals surface area contributed by atoms with Crippen molar-refractivity contribution in [1.29, 1.82) is 0 Å². The lowest BCUT2D eigenvalue weighted by Crippen LogP contribution is -2.60. The van der Waals surface area contributed by atoms with Crippen LogP contribution in [0.3, 0.4) is 0 Å². The Hall–Kier alpha value is -3.71. The van der Waals surface area contributed by atoms with Crippen LogP contribution < -0.4 is 15.8 Å². The number of piperazine rings is 1. The minimum atomic E-state index is -3.92. The van der Waals surface area contributed by atoms with Crippen LogP contribution in [-0.2, 0) is 21.3 Å². The van der Waals surface area contributed by atoms with E-state index in [1.165, 1.54) is 4.31 Å². The molecule has 11 nitrogen and oxygen atoms in total. The molecule has 7 rings (SSSR count). The summed E-state index contributed by atoms with van der Waals surface area (Å²) >= 11 is 0. The normalized spacial score (nSPS) is 28.3. The lowest BCUT2D eigenvalue weighted by atomic mass is 9.82. The van der Waals surface area contributed by atoms with Crippen LogP contribution in [0.5, 0.6) is 5.75 Å². The van der Waals surface area contributed by atoms with Crippen LogP contribution in [0, 0.1) is 19.8 Å². The number of carbonyl (C=O) groups excluding carboxylic acids is 2. The van der Waals surface area contributed by atoms with Crippen LogP contribution in [0.2, 0.25) is 0 Å². The second-order valence-electron chi connectivity index (χ2n) is 12.4. The third-order valence-electron chi connectivity index (χ3n) is 9.85. The van der Waals surface area contributed by atoms with Gasteiger partial charge in [0, 0.05) is 43.0 Å². The van der Waals surface area contributed by atoms with Crippen molar-refractivity contribution < 1.29 is 27.9 Å². The lowest BCUT2D eigenvalue weighted by Gasteiger charge is -2.34. The number of ketones is 1. The zero-order valence-electron chi connectivity index (χ0n) is 24.5. The van der Waals surface area contributed by atoms with Gasteiger partial charge >= 0.3 is 0 Å². The number of likely N-dealkylation sites (N-methyl/N-ethyl adjacent to an activating group) is 1. The van der Waals surface area contributed by atoms with Gasteiger partial charge in [0.1, 0.15) is 11.4 Å². The van der Waals surface area contributed by atoms with E-state index in [1.807, 2.05) is 19.2 Å². The second kappa shape index (κ2) is 9.15. The molecule has 3 heterocycles. The third kappa shape index (κ3) is 3.73. The average molecular weight is 606 g/mol. The average Bonchev–Trinajstić information content (AvgIpc) is 3.48. The molecule has 4 atom stereocenters. The highest BCUT2D eigenvalue weighted by Gasteiger charge is 2.72. The summed E-state index contributed by atoms with van der Waals surface area (Å²) in [5.74, 6) is -2.45. The van der Waals surface area contributed by atoms with Gasteiger partial charge < -0.3 is 30.8 Å². The number of ether oxygens (including phenoxy) is 1. The number of aliphatic hydroxyl groups is 1. The molecule has 3 aromatic rings. The molecule has 5 N–H and O–H groups in total. The van der Waals surface area contributed by atoms with Crippen LogP contribution >= 0.6 is 0 Å². The fourth-order valence-electron chi connectivity index (χ4n) is 6.94. The molecule has 1 saturated heterocycles. The van der Waals surface area contributed by atoms with Crippen molar-refractivity contribution in [2.24, 2.45) is 5.92 Å². The summed E-state index contributed by atoms with van der Waals surface area (Å²) in [4.78, 5) is 33.4. The van der Waals surface area contributed by atoms with E-state index in [0.717, 1.165) is 12.0 Å². The van der Waals surface area contributed by atoms with E-state index < -0.39 is 33.0 Å². The monoisotopic (exact) mass is 605 g/mol. The minimum Gasteiger partial charge on any atom is -0.454 e. The van der Waals surface area contributed by atoms with Gasteiger partial charge in [-0.3, -0.25) is 9.59 Å². The first-order valence-corrected chi connectivity index (χ1v) is 15.9. The Morgan fingerprint density at radius 2 is 1.81 bits per heavy atom. The summed E-state index contributed by atoms with van der Waals surface area (Å²) in [5.41, 5.74) is 6.73. The molecule has 0 bridgehead atoms. The third-order valence-corrected chi connectivity index (χ3v) is 11.8. The van der Waals surface area contributed by atoms with E-state index in [9.17, 15) is 23.1 Å². The quantitative estimate of drug-likeness (QED) is 0.323. The van der Waals surface area contributed by atoms with E-state index >= 15 is 0 Å². The molecule has 12 heteroatoms. The fraction of sp³-hybridized carbons (Fsp3) is 0.419. The van der Waals surface area contributed by atoms with E-state index in [0.29, 0.717) is 60.5 Å². The first-order chi connectivity index (χ1) is 20.3. The first-order valence-electron chi connectivity index (χ1n) is 14.5. The number of nitrogens with two attached hydrogens (primary N) is 1. The number of sulfonamides is 1. The number of amides is 1. The summed E-state index contributed by atoms with van der Waals surface area (Å²) in [6.07, 6.45) is 1.04. The molecular formula is C31H35N5O6S. The van der Waals surface area contributed by atoms with Gasteiger partial charge in [0.2, 0.25) is 11.3 Å². The highest BCUT2D eigenvalue weighted by atomic mass is 32.2. The molecule has 2 aromatic carbocycles. The number of H-pyrrole nitrogens is 1. The number of nitrogens with one attached hydrogen (secondary N) is 2. The number of anilines is 1. The molecule has 2 aliphatic carbocycles. The maximum atomic E-state index is 14.3. The number of fused-ring (bicyclic) bond motifs is 5. The van der Waals surface area contributed by atoms with Crippen LogP contribution in [0.25, 0.3) is 0 Å². The van der Waals surface area contributed by atoms with E-state index in [2.05, 4.69) is 22.1 Å². The standard InChI is InChI=1S/C31H35N5O6S/c1-16-14-20(16)19-8-9-21-24(15-19)42-31(39)22-6-5-7-23(32)25(22)27(37)30(21,31)34-28(38)26-17(2)18(3)29(33-26)43(40,41)36-12-10-35(4)11-13-36/h5-9,15-16,20,33,39H,10-14,32H2,1-4H3,(H,34,38)/t16-,20-,30?,31?/m0/s1. The summed E-state index contributed by atoms with van der Waals surface area (Å²) in [6.45, 7) is 7.31. The molecule has 0 radical (unpaired) electrons. The van der Waals surface area contributed by atoms with Crippen molar-refractivity contribution in [2.45, 2.75) is 49.5 Å². The summed E-state index contributed by atoms with van der Waals surface area (Å²) < 4.78 is 34.8. The maximum absolute atomic E-state index is 14.3. The molecule has 43 heavy (non-hydrogen) atoms. The number of aromatic nitrogens is 1. The highest BCUT2D eigenvalue weighted by molar-refractivity contribution is 7.89. The summed E-state index contributed by atoms with van der Waals surface area (Å²) in [5, 5.41) is 15.0. The van der Waals surface area contributed by atoms with Crippen molar-refractivity contribution in [3.05, 3.63) is 75.5 Å². The van der Waals surface area contributed by atoms with E-state index in [4.69, 9.17) is 10.5 Å². The number of carbonyl (C=O) groups is 2. The largest absolute Gasteiger partial charge is 0.454 e. The van der Waals surface area contributed by atoms with Gasteiger partial charge in [-0.15, -0.1) is 0 Å². The Labute approximate surface area is 250 Å². The molecule has 1 aromatic heterocycles. The number of benzene rings is 2. The van der Waals surface area contributed by atoms with E-state index in [1.54, 1.807) is 38.1 Å².